The Morgan fingerprint density at radius 2 is 1.85 bits per heavy atom. The number of ether oxygens (including phenoxy) is 2. The summed E-state index contributed by atoms with van der Waals surface area (Å²) in [5, 5.41) is 0.483. The fourth-order valence-electron chi connectivity index (χ4n) is 2.29. The number of carbonyl (C=O) groups excluding carboxylic acids is 1. The van der Waals surface area contributed by atoms with Crippen molar-refractivity contribution >= 4 is 17.5 Å². The maximum absolute atomic E-state index is 12.9. The van der Waals surface area contributed by atoms with Crippen molar-refractivity contribution in [2.24, 2.45) is 0 Å². The summed E-state index contributed by atoms with van der Waals surface area (Å²) in [4.78, 5) is 13.5. The SMILES string of the molecule is COc1ccc(Cl)cc1CN(C)C(=O)COc1ccccc1C(F)(F)F. The first-order valence-corrected chi connectivity index (χ1v) is 7.95. The molecule has 0 aliphatic heterocycles. The lowest BCUT2D eigenvalue weighted by Crippen LogP contribution is -2.31. The van der Waals surface area contributed by atoms with Crippen molar-refractivity contribution in [1.82, 2.24) is 4.90 Å². The predicted octanol–water partition coefficient (Wildman–Crippen LogP) is 4.40. The van der Waals surface area contributed by atoms with Crippen LogP contribution in [-0.2, 0) is 17.5 Å². The first kappa shape index (κ1) is 19.9. The molecule has 26 heavy (non-hydrogen) atoms. The predicted molar refractivity (Wildman–Crippen MR) is 91.4 cm³/mol. The first-order valence-electron chi connectivity index (χ1n) is 7.57. The molecule has 0 fully saturated rings. The molecule has 140 valence electrons. The number of halogens is 4. The van der Waals surface area contributed by atoms with Crippen molar-refractivity contribution in [1.29, 1.82) is 0 Å². The molecule has 0 N–H and O–H groups in total. The van der Waals surface area contributed by atoms with E-state index in [1.54, 1.807) is 18.2 Å². The van der Waals surface area contributed by atoms with Crippen LogP contribution in [0.15, 0.2) is 42.5 Å². The van der Waals surface area contributed by atoms with Crippen molar-refractivity contribution in [3.8, 4) is 11.5 Å². The summed E-state index contributed by atoms with van der Waals surface area (Å²) in [6, 6.07) is 9.74. The van der Waals surface area contributed by atoms with E-state index in [0.29, 0.717) is 16.3 Å². The van der Waals surface area contributed by atoms with Crippen molar-refractivity contribution in [2.75, 3.05) is 20.8 Å². The number of carbonyl (C=O) groups is 1. The van der Waals surface area contributed by atoms with Gasteiger partial charge in [-0.3, -0.25) is 4.79 Å². The Balaban J connectivity index is 2.04. The number of hydrogen-bond donors (Lipinski definition) is 0. The van der Waals surface area contributed by atoms with E-state index in [1.165, 1.54) is 37.3 Å². The van der Waals surface area contributed by atoms with Crippen LogP contribution in [0.4, 0.5) is 13.2 Å². The highest BCUT2D eigenvalue weighted by Crippen LogP contribution is 2.35. The Morgan fingerprint density at radius 3 is 2.50 bits per heavy atom. The van der Waals surface area contributed by atoms with Gasteiger partial charge in [0.15, 0.2) is 6.61 Å². The third kappa shape index (κ3) is 5.05. The van der Waals surface area contributed by atoms with Gasteiger partial charge in [0.05, 0.1) is 12.7 Å². The van der Waals surface area contributed by atoms with Gasteiger partial charge in [0.1, 0.15) is 11.5 Å². The molecule has 0 aliphatic carbocycles. The molecule has 0 spiro atoms. The topological polar surface area (TPSA) is 38.8 Å². The molecule has 2 aromatic rings. The number of benzene rings is 2. The number of nitrogens with zero attached hydrogens (tertiary/aromatic N) is 1. The van der Waals surface area contributed by atoms with Crippen molar-refractivity contribution < 1.29 is 27.4 Å². The molecule has 2 aromatic carbocycles. The second-order valence-electron chi connectivity index (χ2n) is 5.49. The van der Waals surface area contributed by atoms with Gasteiger partial charge in [0.2, 0.25) is 0 Å². The molecule has 1 amide bonds. The van der Waals surface area contributed by atoms with Gasteiger partial charge >= 0.3 is 6.18 Å². The number of para-hydroxylation sites is 1. The molecule has 0 unspecified atom stereocenters. The third-order valence-electron chi connectivity index (χ3n) is 3.62. The van der Waals surface area contributed by atoms with E-state index < -0.39 is 24.3 Å². The number of hydrogen-bond acceptors (Lipinski definition) is 3. The summed E-state index contributed by atoms with van der Waals surface area (Å²) in [6.45, 7) is -0.348. The third-order valence-corrected chi connectivity index (χ3v) is 3.85. The van der Waals surface area contributed by atoms with E-state index in [-0.39, 0.29) is 12.3 Å². The van der Waals surface area contributed by atoms with Crippen LogP contribution in [0.5, 0.6) is 11.5 Å². The number of alkyl halides is 3. The van der Waals surface area contributed by atoms with E-state index in [9.17, 15) is 18.0 Å². The van der Waals surface area contributed by atoms with E-state index in [2.05, 4.69) is 0 Å². The van der Waals surface area contributed by atoms with E-state index in [0.717, 1.165) is 6.07 Å². The molecular formula is C18H17ClF3NO3. The summed E-state index contributed by atoms with van der Waals surface area (Å²) in [5.41, 5.74) is -0.251. The van der Waals surface area contributed by atoms with Gasteiger partial charge in [0.25, 0.3) is 5.91 Å². The van der Waals surface area contributed by atoms with Gasteiger partial charge in [-0.2, -0.15) is 13.2 Å². The lowest BCUT2D eigenvalue weighted by Gasteiger charge is -2.20. The Labute approximate surface area is 154 Å². The monoisotopic (exact) mass is 387 g/mol. The molecule has 0 aromatic heterocycles. The summed E-state index contributed by atoms with van der Waals surface area (Å²) in [6.07, 6.45) is -4.56. The molecule has 4 nitrogen and oxygen atoms in total. The lowest BCUT2D eigenvalue weighted by atomic mass is 10.2. The minimum atomic E-state index is -4.56. The average Bonchev–Trinajstić information content (AvgIpc) is 2.59. The molecule has 2 rings (SSSR count). The van der Waals surface area contributed by atoms with Crippen molar-refractivity contribution in [3.63, 3.8) is 0 Å². The summed E-state index contributed by atoms with van der Waals surface area (Å²) in [5.74, 6) is -0.316. The molecule has 0 saturated carbocycles. The summed E-state index contributed by atoms with van der Waals surface area (Å²) in [7, 11) is 3.01. The zero-order chi connectivity index (χ0) is 19.3. The molecule has 0 heterocycles. The van der Waals surface area contributed by atoms with Gasteiger partial charge in [0, 0.05) is 24.2 Å². The highest BCUT2D eigenvalue weighted by molar-refractivity contribution is 6.30. The molecule has 8 heteroatoms. The largest absolute Gasteiger partial charge is 0.496 e. The summed E-state index contributed by atoms with van der Waals surface area (Å²) < 4.78 is 49.1. The standard InChI is InChI=1S/C18H17ClF3NO3/c1-23(10-12-9-13(19)7-8-15(12)25-2)17(24)11-26-16-6-4-3-5-14(16)18(20,21)22/h3-9H,10-11H2,1-2H3. The zero-order valence-electron chi connectivity index (χ0n) is 14.1. The second kappa shape index (κ2) is 8.31. The quantitative estimate of drug-likeness (QED) is 0.737. The Bertz CT molecular complexity index is 781. The minimum absolute atomic E-state index is 0.173. The Kier molecular flexibility index (Phi) is 6.37. The van der Waals surface area contributed by atoms with Crippen LogP contribution in [0.3, 0.4) is 0 Å². The molecular weight excluding hydrogens is 371 g/mol. The smallest absolute Gasteiger partial charge is 0.419 e. The molecule has 0 saturated heterocycles. The molecule has 0 radical (unpaired) electrons. The normalized spacial score (nSPS) is 11.2. The van der Waals surface area contributed by atoms with E-state index in [1.807, 2.05) is 0 Å². The number of amides is 1. The first-order chi connectivity index (χ1) is 12.2. The average molecular weight is 388 g/mol. The highest BCUT2D eigenvalue weighted by Gasteiger charge is 2.34. The lowest BCUT2D eigenvalue weighted by molar-refractivity contribution is -0.140. The second-order valence-corrected chi connectivity index (χ2v) is 5.92. The zero-order valence-corrected chi connectivity index (χ0v) is 14.9. The van der Waals surface area contributed by atoms with Crippen LogP contribution >= 0.6 is 11.6 Å². The van der Waals surface area contributed by atoms with Gasteiger partial charge < -0.3 is 14.4 Å². The number of likely N-dealkylation sites (N-methyl/N-ethyl adjacent to an activating group) is 1. The van der Waals surface area contributed by atoms with Crippen LogP contribution < -0.4 is 9.47 Å². The molecule has 0 atom stereocenters. The van der Waals surface area contributed by atoms with Gasteiger partial charge in [-0.15, -0.1) is 0 Å². The van der Waals surface area contributed by atoms with Gasteiger partial charge in [-0.25, -0.2) is 0 Å². The number of rotatable bonds is 6. The van der Waals surface area contributed by atoms with E-state index in [4.69, 9.17) is 21.1 Å². The molecule has 0 aliphatic rings. The maximum atomic E-state index is 12.9. The van der Waals surface area contributed by atoms with Crippen LogP contribution in [-0.4, -0.2) is 31.6 Å². The van der Waals surface area contributed by atoms with Crippen LogP contribution in [0, 0.1) is 0 Å². The highest BCUT2D eigenvalue weighted by atomic mass is 35.5. The van der Waals surface area contributed by atoms with Crippen LogP contribution in [0.1, 0.15) is 11.1 Å². The van der Waals surface area contributed by atoms with Crippen LogP contribution in [0.2, 0.25) is 5.02 Å². The van der Waals surface area contributed by atoms with Gasteiger partial charge in [-0.05, 0) is 30.3 Å². The Hall–Kier alpha value is -2.41. The Morgan fingerprint density at radius 1 is 1.15 bits per heavy atom. The number of methoxy groups -OCH3 is 1. The fraction of sp³-hybridized carbons (Fsp3) is 0.278. The minimum Gasteiger partial charge on any atom is -0.496 e. The fourth-order valence-corrected chi connectivity index (χ4v) is 2.49. The maximum Gasteiger partial charge on any atom is 0.419 e. The van der Waals surface area contributed by atoms with E-state index >= 15 is 0 Å². The van der Waals surface area contributed by atoms with Crippen molar-refractivity contribution in [3.05, 3.63) is 58.6 Å². The van der Waals surface area contributed by atoms with Crippen LogP contribution in [0.25, 0.3) is 0 Å². The van der Waals surface area contributed by atoms with Gasteiger partial charge in [-0.1, -0.05) is 23.7 Å². The van der Waals surface area contributed by atoms with Crippen molar-refractivity contribution in [2.45, 2.75) is 12.7 Å². The summed E-state index contributed by atoms with van der Waals surface area (Å²) >= 11 is 5.95. The molecule has 0 bridgehead atoms.